The van der Waals surface area contributed by atoms with Crippen LogP contribution in [0.1, 0.15) is 33.1 Å². The molecule has 0 aliphatic heterocycles. The van der Waals surface area contributed by atoms with Gasteiger partial charge in [-0.1, -0.05) is 13.8 Å². The number of hydrogen-bond acceptors (Lipinski definition) is 3. The predicted octanol–water partition coefficient (Wildman–Crippen LogP) is 3.15. The summed E-state index contributed by atoms with van der Waals surface area (Å²) in [6.07, 6.45) is 1.52. The zero-order chi connectivity index (χ0) is 14.3. The van der Waals surface area contributed by atoms with E-state index in [-0.39, 0.29) is 17.9 Å². The van der Waals surface area contributed by atoms with Gasteiger partial charge in [0.2, 0.25) is 0 Å². The van der Waals surface area contributed by atoms with Gasteiger partial charge < -0.3 is 15.7 Å². The highest BCUT2D eigenvalue weighted by atomic mass is 32.1. The number of hydrogen-bond donors (Lipinski definition) is 3. The highest BCUT2D eigenvalue weighted by molar-refractivity contribution is 7.08. The lowest BCUT2D eigenvalue weighted by atomic mass is 9.84. The van der Waals surface area contributed by atoms with Crippen molar-refractivity contribution >= 4 is 29.0 Å². The van der Waals surface area contributed by atoms with E-state index in [1.165, 1.54) is 11.3 Å². The van der Waals surface area contributed by atoms with Crippen LogP contribution in [0.25, 0.3) is 0 Å². The summed E-state index contributed by atoms with van der Waals surface area (Å²) in [6.45, 7) is 4.55. The fraction of sp³-hybridized carbons (Fsp3) is 0.538. The molecule has 0 fully saturated rings. The van der Waals surface area contributed by atoms with Gasteiger partial charge in [0.15, 0.2) is 0 Å². The van der Waals surface area contributed by atoms with Crippen LogP contribution in [-0.4, -0.2) is 23.7 Å². The summed E-state index contributed by atoms with van der Waals surface area (Å²) >= 11 is 1.52. The molecular weight excluding hydrogens is 264 g/mol. The van der Waals surface area contributed by atoms with Gasteiger partial charge in [-0.25, -0.2) is 4.79 Å². The summed E-state index contributed by atoms with van der Waals surface area (Å²) in [5.41, 5.74) is 0.696. The molecule has 1 aromatic rings. The quantitative estimate of drug-likeness (QED) is 0.719. The normalized spacial score (nSPS) is 11.1. The first-order valence-corrected chi connectivity index (χ1v) is 7.12. The van der Waals surface area contributed by atoms with Crippen LogP contribution < -0.4 is 10.6 Å². The molecular formula is C13H20N2O3S. The molecule has 0 saturated carbocycles. The summed E-state index contributed by atoms with van der Waals surface area (Å²) in [7, 11) is 0. The van der Waals surface area contributed by atoms with Gasteiger partial charge in [-0.15, -0.1) is 0 Å². The monoisotopic (exact) mass is 284 g/mol. The van der Waals surface area contributed by atoms with E-state index >= 15 is 0 Å². The molecule has 0 unspecified atom stereocenters. The van der Waals surface area contributed by atoms with Gasteiger partial charge in [0.25, 0.3) is 0 Å². The van der Waals surface area contributed by atoms with E-state index in [1.54, 1.807) is 0 Å². The molecule has 0 radical (unpaired) electrons. The zero-order valence-corrected chi connectivity index (χ0v) is 12.0. The number of carbonyl (C=O) groups excluding carboxylic acids is 1. The van der Waals surface area contributed by atoms with Gasteiger partial charge in [-0.2, -0.15) is 11.3 Å². The minimum Gasteiger partial charge on any atom is -0.481 e. The first-order chi connectivity index (χ1) is 8.89. The van der Waals surface area contributed by atoms with E-state index in [0.717, 1.165) is 12.1 Å². The van der Waals surface area contributed by atoms with E-state index in [2.05, 4.69) is 10.6 Å². The first kappa shape index (κ1) is 15.5. The second-order valence-corrected chi connectivity index (χ2v) is 5.98. The number of rotatable bonds is 7. The van der Waals surface area contributed by atoms with Crippen molar-refractivity contribution in [3.8, 4) is 0 Å². The Labute approximate surface area is 117 Å². The van der Waals surface area contributed by atoms with E-state index in [1.807, 2.05) is 30.7 Å². The number of aliphatic carboxylic acids is 1. The van der Waals surface area contributed by atoms with Crippen LogP contribution in [0.5, 0.6) is 0 Å². The minimum atomic E-state index is -0.781. The molecule has 0 bridgehead atoms. The van der Waals surface area contributed by atoms with Crippen molar-refractivity contribution in [1.29, 1.82) is 0 Å². The summed E-state index contributed by atoms with van der Waals surface area (Å²) in [5.74, 6) is -0.781. The smallest absolute Gasteiger partial charge is 0.319 e. The fourth-order valence-electron chi connectivity index (χ4n) is 1.60. The number of carbonyl (C=O) groups is 2. The molecule has 0 saturated heterocycles. The van der Waals surface area contributed by atoms with Gasteiger partial charge >= 0.3 is 12.0 Å². The van der Waals surface area contributed by atoms with Crippen LogP contribution in [0, 0.1) is 5.41 Å². The molecule has 6 heteroatoms. The van der Waals surface area contributed by atoms with Crippen LogP contribution >= 0.6 is 11.3 Å². The maximum atomic E-state index is 11.6. The van der Waals surface area contributed by atoms with Crippen molar-refractivity contribution in [2.75, 3.05) is 11.9 Å². The Balaban J connectivity index is 2.21. The first-order valence-electron chi connectivity index (χ1n) is 6.18. The highest BCUT2D eigenvalue weighted by Gasteiger charge is 2.19. The Morgan fingerprint density at radius 2 is 2.11 bits per heavy atom. The topological polar surface area (TPSA) is 78.4 Å². The predicted molar refractivity (Wildman–Crippen MR) is 76.6 cm³/mol. The molecule has 0 aliphatic rings. The standard InChI is InChI=1S/C13H20N2O3S/c1-13(2,5-3-11(16)17)6-7-14-12(18)15-10-4-8-19-9-10/h4,8-9H,3,5-7H2,1-2H3,(H,16,17)(H2,14,15,18). The molecule has 0 atom stereocenters. The van der Waals surface area contributed by atoms with E-state index in [4.69, 9.17) is 5.11 Å². The third kappa shape index (κ3) is 6.81. The van der Waals surface area contributed by atoms with Crippen LogP contribution in [0.4, 0.5) is 10.5 Å². The molecule has 1 rings (SSSR count). The molecule has 0 aliphatic carbocycles. The van der Waals surface area contributed by atoms with Crippen molar-refractivity contribution in [2.24, 2.45) is 5.41 Å². The Bertz CT molecular complexity index is 416. The number of urea groups is 1. The third-order valence-electron chi connectivity index (χ3n) is 2.88. The molecule has 3 N–H and O–H groups in total. The van der Waals surface area contributed by atoms with Crippen LogP contribution in [0.2, 0.25) is 0 Å². The fourth-order valence-corrected chi connectivity index (χ4v) is 2.18. The summed E-state index contributed by atoms with van der Waals surface area (Å²) < 4.78 is 0. The van der Waals surface area contributed by atoms with Crippen LogP contribution in [0.15, 0.2) is 16.8 Å². The van der Waals surface area contributed by atoms with Crippen molar-refractivity contribution < 1.29 is 14.7 Å². The Kier molecular flexibility index (Phi) is 5.82. The van der Waals surface area contributed by atoms with Gasteiger partial charge in [0.05, 0.1) is 5.69 Å². The number of anilines is 1. The van der Waals surface area contributed by atoms with Gasteiger partial charge in [0, 0.05) is 18.3 Å². The Morgan fingerprint density at radius 3 is 2.68 bits per heavy atom. The van der Waals surface area contributed by atoms with E-state index < -0.39 is 5.97 Å². The molecule has 106 valence electrons. The number of nitrogens with one attached hydrogen (secondary N) is 2. The second-order valence-electron chi connectivity index (χ2n) is 5.20. The highest BCUT2D eigenvalue weighted by Crippen LogP contribution is 2.25. The third-order valence-corrected chi connectivity index (χ3v) is 3.57. The van der Waals surface area contributed by atoms with Gasteiger partial charge in [0.1, 0.15) is 0 Å². The molecule has 19 heavy (non-hydrogen) atoms. The van der Waals surface area contributed by atoms with Crippen LogP contribution in [-0.2, 0) is 4.79 Å². The van der Waals surface area contributed by atoms with Gasteiger partial charge in [-0.3, -0.25) is 4.79 Å². The lowest BCUT2D eigenvalue weighted by molar-refractivity contribution is -0.137. The number of thiophene rings is 1. The number of carboxylic acid groups (broad SMARTS) is 1. The lowest BCUT2D eigenvalue weighted by Crippen LogP contribution is -2.31. The maximum Gasteiger partial charge on any atom is 0.319 e. The largest absolute Gasteiger partial charge is 0.481 e. The average molecular weight is 284 g/mol. The number of amides is 2. The van der Waals surface area contributed by atoms with Gasteiger partial charge in [-0.05, 0) is 29.7 Å². The maximum absolute atomic E-state index is 11.6. The minimum absolute atomic E-state index is 0.0892. The lowest BCUT2D eigenvalue weighted by Gasteiger charge is -2.23. The Hall–Kier alpha value is -1.56. The Morgan fingerprint density at radius 1 is 1.37 bits per heavy atom. The summed E-state index contributed by atoms with van der Waals surface area (Å²) in [4.78, 5) is 22.1. The zero-order valence-electron chi connectivity index (χ0n) is 11.2. The van der Waals surface area contributed by atoms with Crippen molar-refractivity contribution in [3.05, 3.63) is 16.8 Å². The van der Waals surface area contributed by atoms with E-state index in [9.17, 15) is 9.59 Å². The molecule has 1 heterocycles. The molecule has 2 amide bonds. The van der Waals surface area contributed by atoms with Crippen molar-refractivity contribution in [3.63, 3.8) is 0 Å². The summed E-state index contributed by atoms with van der Waals surface area (Å²) in [6, 6.07) is 1.61. The molecule has 0 spiro atoms. The van der Waals surface area contributed by atoms with Crippen molar-refractivity contribution in [2.45, 2.75) is 33.1 Å². The molecule has 1 aromatic heterocycles. The SMILES string of the molecule is CC(C)(CCNC(=O)Nc1ccsc1)CCC(=O)O. The molecule has 5 nitrogen and oxygen atoms in total. The van der Waals surface area contributed by atoms with Crippen LogP contribution in [0.3, 0.4) is 0 Å². The second kappa shape index (κ2) is 7.13. The number of carboxylic acids is 1. The van der Waals surface area contributed by atoms with E-state index in [0.29, 0.717) is 13.0 Å². The summed E-state index contributed by atoms with van der Waals surface area (Å²) in [5, 5.41) is 17.9. The molecule has 0 aromatic carbocycles. The average Bonchev–Trinajstić information content (AvgIpc) is 2.79. The van der Waals surface area contributed by atoms with Crippen molar-refractivity contribution in [1.82, 2.24) is 5.32 Å².